The van der Waals surface area contributed by atoms with E-state index in [9.17, 15) is 8.42 Å². The molecule has 1 saturated carbocycles. The molecular formula is C11H20N2O2S. The zero-order valence-corrected chi connectivity index (χ0v) is 10.6. The fourth-order valence-electron chi connectivity index (χ4n) is 2.76. The molecule has 2 fully saturated rings. The van der Waals surface area contributed by atoms with E-state index < -0.39 is 9.84 Å². The van der Waals surface area contributed by atoms with Crippen molar-refractivity contribution in [2.45, 2.75) is 38.1 Å². The Morgan fingerprint density at radius 3 is 2.38 bits per heavy atom. The van der Waals surface area contributed by atoms with Crippen LogP contribution in [0.2, 0.25) is 0 Å². The Morgan fingerprint density at radius 1 is 1.25 bits per heavy atom. The summed E-state index contributed by atoms with van der Waals surface area (Å²) >= 11 is 0. The van der Waals surface area contributed by atoms with Crippen molar-refractivity contribution in [1.82, 2.24) is 4.90 Å². The van der Waals surface area contributed by atoms with Crippen LogP contribution in [0.3, 0.4) is 0 Å². The van der Waals surface area contributed by atoms with Gasteiger partial charge in [-0.25, -0.2) is 8.42 Å². The first-order valence-electron chi connectivity index (χ1n) is 6.01. The van der Waals surface area contributed by atoms with Gasteiger partial charge in [0.1, 0.15) is 0 Å². The summed E-state index contributed by atoms with van der Waals surface area (Å²) in [5, 5.41) is 8.12. The molecule has 16 heavy (non-hydrogen) atoms. The van der Waals surface area contributed by atoms with Crippen LogP contribution in [-0.4, -0.2) is 43.7 Å². The topological polar surface area (TPSA) is 61.2 Å². The van der Waals surface area contributed by atoms with Gasteiger partial charge in [0, 0.05) is 19.0 Å². The molecule has 0 spiro atoms. The highest BCUT2D eigenvalue weighted by Gasteiger charge is 2.33. The van der Waals surface area contributed by atoms with Crippen LogP contribution in [0.15, 0.2) is 0 Å². The maximum atomic E-state index is 11.4. The maximum Gasteiger partial charge on any atom is 0.152 e. The summed E-state index contributed by atoms with van der Waals surface area (Å²) in [7, 11) is -0.955. The van der Waals surface area contributed by atoms with Gasteiger partial charge in [0.05, 0.1) is 17.3 Å². The minimum Gasteiger partial charge on any atom is -0.359 e. The average molecular weight is 244 g/mol. The highest BCUT2D eigenvalue weighted by atomic mass is 32.2. The largest absolute Gasteiger partial charge is 0.359 e. The molecular weight excluding hydrogens is 224 g/mol. The standard InChI is InChI=1S/C11H20N2O2S/c1-13(10-6-7-16(14,15)8-10)11(12)9-4-2-3-5-9/h9-10,12H,2-8H2,1H3. The summed E-state index contributed by atoms with van der Waals surface area (Å²) in [5.74, 6) is 1.55. The summed E-state index contributed by atoms with van der Waals surface area (Å²) in [6, 6.07) is 0.0399. The second-order valence-corrected chi connectivity index (χ2v) is 7.26. The van der Waals surface area contributed by atoms with E-state index in [0.717, 1.165) is 12.8 Å². The van der Waals surface area contributed by atoms with Crippen molar-refractivity contribution >= 4 is 15.7 Å². The zero-order valence-electron chi connectivity index (χ0n) is 9.78. The molecule has 1 aliphatic heterocycles. The third-order valence-electron chi connectivity index (χ3n) is 3.88. The van der Waals surface area contributed by atoms with Gasteiger partial charge in [-0.05, 0) is 19.3 Å². The first-order valence-corrected chi connectivity index (χ1v) is 7.83. The second-order valence-electron chi connectivity index (χ2n) is 5.03. The summed E-state index contributed by atoms with van der Waals surface area (Å²) in [6.07, 6.45) is 5.31. The Hall–Kier alpha value is -0.580. The normalized spacial score (nSPS) is 29.4. The highest BCUT2D eigenvalue weighted by Crippen LogP contribution is 2.28. The van der Waals surface area contributed by atoms with Crippen molar-refractivity contribution in [2.24, 2.45) is 5.92 Å². The van der Waals surface area contributed by atoms with Crippen LogP contribution in [-0.2, 0) is 9.84 Å². The minimum atomic E-state index is -2.84. The van der Waals surface area contributed by atoms with Crippen LogP contribution in [0.4, 0.5) is 0 Å². The van der Waals surface area contributed by atoms with Crippen LogP contribution in [0, 0.1) is 11.3 Å². The quantitative estimate of drug-likeness (QED) is 0.588. The maximum absolute atomic E-state index is 11.4. The monoisotopic (exact) mass is 244 g/mol. The van der Waals surface area contributed by atoms with Gasteiger partial charge in [0.25, 0.3) is 0 Å². The van der Waals surface area contributed by atoms with Gasteiger partial charge in [0.2, 0.25) is 0 Å². The van der Waals surface area contributed by atoms with Gasteiger partial charge in [0.15, 0.2) is 9.84 Å². The predicted molar refractivity (Wildman–Crippen MR) is 64.5 cm³/mol. The predicted octanol–water partition coefficient (Wildman–Crippen LogP) is 1.27. The van der Waals surface area contributed by atoms with Crippen molar-refractivity contribution in [3.63, 3.8) is 0 Å². The molecule has 2 aliphatic rings. The smallest absolute Gasteiger partial charge is 0.152 e. The lowest BCUT2D eigenvalue weighted by Crippen LogP contribution is -2.40. The molecule has 0 radical (unpaired) electrons. The molecule has 1 aliphatic carbocycles. The van der Waals surface area contributed by atoms with Crippen LogP contribution in [0.5, 0.6) is 0 Å². The second kappa shape index (κ2) is 4.35. The molecule has 4 nitrogen and oxygen atoms in total. The first-order chi connectivity index (χ1) is 7.49. The van der Waals surface area contributed by atoms with Gasteiger partial charge in [-0.15, -0.1) is 0 Å². The zero-order chi connectivity index (χ0) is 11.8. The lowest BCUT2D eigenvalue weighted by molar-refractivity contribution is 0.371. The van der Waals surface area contributed by atoms with E-state index in [1.165, 1.54) is 12.8 Å². The number of nitrogens with one attached hydrogen (secondary N) is 1. The molecule has 0 amide bonds. The van der Waals surface area contributed by atoms with E-state index >= 15 is 0 Å². The minimum absolute atomic E-state index is 0.0399. The number of hydrogen-bond acceptors (Lipinski definition) is 3. The molecule has 1 heterocycles. The molecule has 0 aromatic heterocycles. The van der Waals surface area contributed by atoms with E-state index in [-0.39, 0.29) is 11.8 Å². The summed E-state index contributed by atoms with van der Waals surface area (Å²) < 4.78 is 22.8. The molecule has 1 atom stereocenters. The fraction of sp³-hybridized carbons (Fsp3) is 0.909. The Balaban J connectivity index is 1.97. The molecule has 0 bridgehead atoms. The van der Waals surface area contributed by atoms with Crippen molar-refractivity contribution in [2.75, 3.05) is 18.6 Å². The van der Waals surface area contributed by atoms with Gasteiger partial charge in [-0.1, -0.05) is 12.8 Å². The number of rotatable bonds is 2. The molecule has 1 unspecified atom stereocenters. The van der Waals surface area contributed by atoms with Crippen molar-refractivity contribution in [3.8, 4) is 0 Å². The lowest BCUT2D eigenvalue weighted by Gasteiger charge is -2.29. The molecule has 0 aromatic carbocycles. The summed E-state index contributed by atoms with van der Waals surface area (Å²) in [4.78, 5) is 1.90. The van der Waals surface area contributed by atoms with Crippen molar-refractivity contribution in [1.29, 1.82) is 5.41 Å². The van der Waals surface area contributed by atoms with E-state index in [2.05, 4.69) is 0 Å². The Labute approximate surface area is 97.4 Å². The third kappa shape index (κ3) is 2.39. The molecule has 5 heteroatoms. The van der Waals surface area contributed by atoms with Gasteiger partial charge < -0.3 is 4.90 Å². The lowest BCUT2D eigenvalue weighted by atomic mass is 10.0. The molecule has 1 N–H and O–H groups in total. The molecule has 0 aromatic rings. The van der Waals surface area contributed by atoms with Crippen LogP contribution in [0.1, 0.15) is 32.1 Å². The third-order valence-corrected chi connectivity index (χ3v) is 5.63. The Bertz CT molecular complexity index is 371. The van der Waals surface area contributed by atoms with Gasteiger partial charge in [-0.3, -0.25) is 5.41 Å². The highest BCUT2D eigenvalue weighted by molar-refractivity contribution is 7.91. The van der Waals surface area contributed by atoms with Crippen molar-refractivity contribution in [3.05, 3.63) is 0 Å². The van der Waals surface area contributed by atoms with E-state index in [1.807, 2.05) is 11.9 Å². The van der Waals surface area contributed by atoms with Crippen molar-refractivity contribution < 1.29 is 8.42 Å². The Kier molecular flexibility index (Phi) is 3.24. The van der Waals surface area contributed by atoms with Gasteiger partial charge in [-0.2, -0.15) is 0 Å². The fourth-order valence-corrected chi connectivity index (χ4v) is 4.54. The molecule has 92 valence electrons. The van der Waals surface area contributed by atoms with Crippen LogP contribution in [0.25, 0.3) is 0 Å². The summed E-state index contributed by atoms with van der Waals surface area (Å²) in [6.45, 7) is 0. The number of hydrogen-bond donors (Lipinski definition) is 1. The average Bonchev–Trinajstić information content (AvgIpc) is 2.84. The summed E-state index contributed by atoms with van der Waals surface area (Å²) in [5.41, 5.74) is 0. The van der Waals surface area contributed by atoms with E-state index in [4.69, 9.17) is 5.41 Å². The number of amidine groups is 1. The molecule has 2 rings (SSSR count). The number of nitrogens with zero attached hydrogens (tertiary/aromatic N) is 1. The first kappa shape index (κ1) is 11.9. The Morgan fingerprint density at radius 2 is 1.88 bits per heavy atom. The SMILES string of the molecule is CN(C(=N)C1CCCC1)C1CCS(=O)(=O)C1. The number of sulfone groups is 1. The van der Waals surface area contributed by atoms with Crippen LogP contribution >= 0.6 is 0 Å². The van der Waals surface area contributed by atoms with E-state index in [0.29, 0.717) is 23.9 Å². The van der Waals surface area contributed by atoms with Gasteiger partial charge >= 0.3 is 0 Å². The molecule has 1 saturated heterocycles. The van der Waals surface area contributed by atoms with Crippen LogP contribution < -0.4 is 0 Å². The van der Waals surface area contributed by atoms with E-state index in [1.54, 1.807) is 0 Å².